The van der Waals surface area contributed by atoms with Crippen LogP contribution in [0.25, 0.3) is 10.8 Å². The molecule has 2 aromatic rings. The van der Waals surface area contributed by atoms with Gasteiger partial charge in [0, 0.05) is 29.2 Å². The summed E-state index contributed by atoms with van der Waals surface area (Å²) in [5.41, 5.74) is 7.81. The van der Waals surface area contributed by atoms with Crippen LogP contribution in [0.15, 0.2) is 24.4 Å². The molecule has 0 amide bonds. The average Bonchev–Trinajstić information content (AvgIpc) is 2.31. The number of rotatable bonds is 3. The van der Waals surface area contributed by atoms with Gasteiger partial charge in [0.05, 0.1) is 6.10 Å². The van der Waals surface area contributed by atoms with Crippen molar-refractivity contribution in [3.63, 3.8) is 0 Å². The van der Waals surface area contributed by atoms with Gasteiger partial charge in [0.15, 0.2) is 0 Å². The minimum Gasteiger partial charge on any atom is -0.398 e. The van der Waals surface area contributed by atoms with Gasteiger partial charge in [-0.05, 0) is 31.5 Å². The van der Waals surface area contributed by atoms with Gasteiger partial charge in [0.2, 0.25) is 0 Å². The first-order valence-corrected chi connectivity index (χ1v) is 5.65. The van der Waals surface area contributed by atoms with Crippen LogP contribution in [0, 0.1) is 6.92 Å². The van der Waals surface area contributed by atoms with Crippen molar-refractivity contribution in [3.05, 3.63) is 30.0 Å². The quantitative estimate of drug-likeness (QED) is 0.706. The van der Waals surface area contributed by atoms with Crippen LogP contribution >= 0.6 is 0 Å². The molecule has 0 fully saturated rings. The molecular formula is C13H17N3O. The van der Waals surface area contributed by atoms with Crippen LogP contribution in [0.5, 0.6) is 0 Å². The molecular weight excluding hydrogens is 214 g/mol. The Labute approximate surface area is 100 Å². The summed E-state index contributed by atoms with van der Waals surface area (Å²) in [5, 5.41) is 14.4. The molecule has 0 aliphatic carbocycles. The smallest absolute Gasteiger partial charge is 0.134 e. The molecule has 0 radical (unpaired) electrons. The van der Waals surface area contributed by atoms with Gasteiger partial charge in [-0.1, -0.05) is 6.07 Å². The minimum absolute atomic E-state index is 0.409. The molecule has 1 aromatic heterocycles. The van der Waals surface area contributed by atoms with Crippen LogP contribution < -0.4 is 11.1 Å². The molecule has 0 aliphatic heterocycles. The zero-order valence-electron chi connectivity index (χ0n) is 10.1. The Kier molecular flexibility index (Phi) is 3.15. The maximum Gasteiger partial charge on any atom is 0.134 e. The largest absolute Gasteiger partial charge is 0.398 e. The van der Waals surface area contributed by atoms with Crippen LogP contribution in [-0.4, -0.2) is 22.7 Å². The normalized spacial score (nSPS) is 12.6. The van der Waals surface area contributed by atoms with E-state index in [0.29, 0.717) is 6.54 Å². The van der Waals surface area contributed by atoms with Crippen molar-refractivity contribution in [1.29, 1.82) is 0 Å². The summed E-state index contributed by atoms with van der Waals surface area (Å²) in [6, 6.07) is 5.79. The predicted octanol–water partition coefficient (Wildman–Crippen LogP) is 1.92. The van der Waals surface area contributed by atoms with Gasteiger partial charge < -0.3 is 16.2 Å². The van der Waals surface area contributed by atoms with E-state index in [0.717, 1.165) is 27.8 Å². The number of nitrogens with two attached hydrogens (primary N) is 1. The van der Waals surface area contributed by atoms with E-state index in [1.54, 1.807) is 13.1 Å². The number of aryl methyl sites for hydroxylation is 1. The first kappa shape index (κ1) is 11.7. The monoisotopic (exact) mass is 231 g/mol. The number of aliphatic hydroxyl groups is 1. The minimum atomic E-state index is -0.409. The predicted molar refractivity (Wildman–Crippen MR) is 71.1 cm³/mol. The summed E-state index contributed by atoms with van der Waals surface area (Å²) in [7, 11) is 0. The van der Waals surface area contributed by atoms with Crippen molar-refractivity contribution >= 4 is 22.3 Å². The zero-order valence-corrected chi connectivity index (χ0v) is 10.1. The van der Waals surface area contributed by atoms with E-state index in [-0.39, 0.29) is 0 Å². The number of aromatic nitrogens is 1. The molecule has 1 aromatic carbocycles. The van der Waals surface area contributed by atoms with E-state index in [1.807, 2.05) is 25.1 Å². The lowest BCUT2D eigenvalue weighted by molar-refractivity contribution is 0.208. The summed E-state index contributed by atoms with van der Waals surface area (Å²) in [6.07, 6.45) is 1.32. The van der Waals surface area contributed by atoms with Crippen molar-refractivity contribution in [2.45, 2.75) is 20.0 Å². The van der Waals surface area contributed by atoms with Crippen LogP contribution in [0.2, 0.25) is 0 Å². The second-order valence-corrected chi connectivity index (χ2v) is 4.28. The van der Waals surface area contributed by atoms with Crippen LogP contribution in [-0.2, 0) is 0 Å². The summed E-state index contributed by atoms with van der Waals surface area (Å²) in [6.45, 7) is 4.23. The van der Waals surface area contributed by atoms with Crippen molar-refractivity contribution in [3.8, 4) is 0 Å². The number of nitrogens with one attached hydrogen (secondary N) is 1. The molecule has 0 spiro atoms. The summed E-state index contributed by atoms with van der Waals surface area (Å²) >= 11 is 0. The fourth-order valence-electron chi connectivity index (χ4n) is 1.87. The fraction of sp³-hybridized carbons (Fsp3) is 0.308. The number of hydrogen-bond acceptors (Lipinski definition) is 4. The number of benzene rings is 1. The Balaban J connectivity index is 2.52. The van der Waals surface area contributed by atoms with Gasteiger partial charge >= 0.3 is 0 Å². The van der Waals surface area contributed by atoms with Gasteiger partial charge in [-0.15, -0.1) is 0 Å². The number of nitrogens with zero attached hydrogens (tertiary/aromatic N) is 1. The molecule has 90 valence electrons. The lowest BCUT2D eigenvalue weighted by Crippen LogP contribution is -2.16. The first-order valence-electron chi connectivity index (χ1n) is 5.65. The highest BCUT2D eigenvalue weighted by molar-refractivity contribution is 6.01. The number of pyridine rings is 1. The van der Waals surface area contributed by atoms with Crippen LogP contribution in [0.1, 0.15) is 12.5 Å². The van der Waals surface area contributed by atoms with E-state index < -0.39 is 6.10 Å². The Bertz CT molecular complexity index is 537. The Morgan fingerprint density at radius 1 is 1.41 bits per heavy atom. The second kappa shape index (κ2) is 4.59. The number of aliphatic hydroxyl groups excluding tert-OH is 1. The maximum absolute atomic E-state index is 9.29. The van der Waals surface area contributed by atoms with E-state index >= 15 is 0 Å². The summed E-state index contributed by atoms with van der Waals surface area (Å²) < 4.78 is 0. The summed E-state index contributed by atoms with van der Waals surface area (Å²) in [5.74, 6) is 0.771. The van der Waals surface area contributed by atoms with Gasteiger partial charge in [0.1, 0.15) is 5.82 Å². The third kappa shape index (κ3) is 2.31. The Hall–Kier alpha value is -1.81. The molecule has 0 bridgehead atoms. The van der Waals surface area contributed by atoms with Crippen molar-refractivity contribution in [2.75, 3.05) is 17.6 Å². The molecule has 4 nitrogen and oxygen atoms in total. The standard InChI is InChI=1S/C13H17N3O/c1-8-3-4-11(14)10-5-6-15-13(12(8)10)16-7-9(2)17/h3-6,9,17H,7,14H2,1-2H3,(H,15,16). The van der Waals surface area contributed by atoms with Crippen molar-refractivity contribution < 1.29 is 5.11 Å². The van der Waals surface area contributed by atoms with Crippen molar-refractivity contribution in [1.82, 2.24) is 4.98 Å². The first-order chi connectivity index (χ1) is 8.09. The van der Waals surface area contributed by atoms with Gasteiger partial charge in [-0.3, -0.25) is 0 Å². The van der Waals surface area contributed by atoms with Crippen LogP contribution in [0.3, 0.4) is 0 Å². The highest BCUT2D eigenvalue weighted by Gasteiger charge is 2.07. The molecule has 1 atom stereocenters. The lowest BCUT2D eigenvalue weighted by Gasteiger charge is -2.13. The maximum atomic E-state index is 9.29. The molecule has 4 heteroatoms. The van der Waals surface area contributed by atoms with Gasteiger partial charge in [-0.25, -0.2) is 4.98 Å². The fourth-order valence-corrected chi connectivity index (χ4v) is 1.87. The van der Waals surface area contributed by atoms with E-state index in [4.69, 9.17) is 5.73 Å². The molecule has 0 saturated carbocycles. The molecule has 17 heavy (non-hydrogen) atoms. The molecule has 4 N–H and O–H groups in total. The van der Waals surface area contributed by atoms with E-state index in [9.17, 15) is 5.11 Å². The SMILES string of the molecule is Cc1ccc(N)c2ccnc(NCC(C)O)c12. The lowest BCUT2D eigenvalue weighted by atomic mass is 10.1. The number of nitrogen functional groups attached to an aromatic ring is 1. The van der Waals surface area contributed by atoms with Crippen molar-refractivity contribution in [2.24, 2.45) is 0 Å². The van der Waals surface area contributed by atoms with Crippen LogP contribution in [0.4, 0.5) is 11.5 Å². The summed E-state index contributed by atoms with van der Waals surface area (Å²) in [4.78, 5) is 4.30. The second-order valence-electron chi connectivity index (χ2n) is 4.28. The van der Waals surface area contributed by atoms with Gasteiger partial charge in [0.25, 0.3) is 0 Å². The van der Waals surface area contributed by atoms with E-state index in [2.05, 4.69) is 10.3 Å². The molecule has 0 saturated heterocycles. The van der Waals surface area contributed by atoms with Gasteiger partial charge in [-0.2, -0.15) is 0 Å². The number of anilines is 2. The topological polar surface area (TPSA) is 71.2 Å². The number of fused-ring (bicyclic) bond motifs is 1. The zero-order chi connectivity index (χ0) is 12.4. The third-order valence-electron chi connectivity index (χ3n) is 2.73. The Morgan fingerprint density at radius 2 is 2.18 bits per heavy atom. The molecule has 2 rings (SSSR count). The third-order valence-corrected chi connectivity index (χ3v) is 2.73. The average molecular weight is 231 g/mol. The van der Waals surface area contributed by atoms with E-state index in [1.165, 1.54) is 0 Å². The Morgan fingerprint density at radius 3 is 2.88 bits per heavy atom. The highest BCUT2D eigenvalue weighted by Crippen LogP contribution is 2.28. The number of hydrogen-bond donors (Lipinski definition) is 3. The molecule has 1 heterocycles. The molecule has 1 unspecified atom stereocenters. The highest BCUT2D eigenvalue weighted by atomic mass is 16.3. The molecule has 0 aliphatic rings.